The van der Waals surface area contributed by atoms with Gasteiger partial charge in [-0.25, -0.2) is 13.8 Å². The number of halogens is 3. The number of anilines is 1. The van der Waals surface area contributed by atoms with E-state index in [1.807, 2.05) is 0 Å². The number of benzene rings is 2. The molecule has 0 unspecified atom stereocenters. The second-order valence-corrected chi connectivity index (χ2v) is 14.6. The molecule has 5 saturated heterocycles. The SMILES string of the molecule is C#Cc1cccc2cc(O)cc(-c3nc4c5c(nc(OC[C@@]67CCCN6C[C@H](F)C7)nc5c3F)N3C[C@H]5CC[C@H](CN5CCCF)[C@H]3CO4)c12. The number of terminal acetylenes is 1. The van der Waals surface area contributed by atoms with E-state index < -0.39 is 17.5 Å². The molecule has 6 aliphatic heterocycles. The van der Waals surface area contributed by atoms with Gasteiger partial charge in [-0.05, 0) is 68.2 Å². The highest BCUT2D eigenvalue weighted by molar-refractivity contribution is 6.04. The Balaban J connectivity index is 1.22. The number of phenolic OH excluding ortho intramolecular Hbond substituents is 1. The third-order valence-corrected chi connectivity index (χ3v) is 11.8. The molecule has 0 aliphatic carbocycles. The van der Waals surface area contributed by atoms with Crippen molar-refractivity contribution in [3.05, 3.63) is 41.7 Å². The molecule has 0 amide bonds. The minimum absolute atomic E-state index is 0.00893. The van der Waals surface area contributed by atoms with E-state index in [4.69, 9.17) is 25.9 Å². The lowest BCUT2D eigenvalue weighted by atomic mass is 9.90. The lowest BCUT2D eigenvalue weighted by Crippen LogP contribution is -2.45. The van der Waals surface area contributed by atoms with E-state index in [0.29, 0.717) is 72.2 Å². The first-order chi connectivity index (χ1) is 24.4. The van der Waals surface area contributed by atoms with Crippen LogP contribution in [0.5, 0.6) is 17.6 Å². The zero-order chi connectivity index (χ0) is 34.1. The van der Waals surface area contributed by atoms with Gasteiger partial charge in [0, 0.05) is 55.2 Å². The van der Waals surface area contributed by atoms with Crippen LogP contribution in [0.1, 0.15) is 44.1 Å². The van der Waals surface area contributed by atoms with Gasteiger partial charge < -0.3 is 19.5 Å². The molecule has 10 rings (SSSR count). The van der Waals surface area contributed by atoms with E-state index in [1.54, 1.807) is 24.3 Å². The Morgan fingerprint density at radius 1 is 1.12 bits per heavy atom. The van der Waals surface area contributed by atoms with Crippen molar-refractivity contribution >= 4 is 27.5 Å². The Morgan fingerprint density at radius 2 is 2.02 bits per heavy atom. The Morgan fingerprint density at radius 3 is 2.88 bits per heavy atom. The standard InChI is InChI=1S/C38H39F3N6O3/c1-2-22-6-3-7-23-14-27(48)15-28(30(22)23)33-32(41)34-31-35(44-37(43-34)50-21-38-10-4-13-46(38)18-25(40)16-38)47-19-26-9-8-24(17-45(26)12-5-11-39)29(47)20-49-36(31)42-33/h1,3,6-7,14-15,24-26,29,48H,4-5,8-13,16-21H2/t24-,25-,26-,29-,38+/m1/s1. The van der Waals surface area contributed by atoms with E-state index in [2.05, 4.69) is 25.6 Å². The quantitative estimate of drug-likeness (QED) is 0.249. The first-order valence-corrected chi connectivity index (χ1v) is 17.7. The zero-order valence-electron chi connectivity index (χ0n) is 27.8. The molecule has 0 saturated carbocycles. The Labute approximate surface area is 288 Å². The van der Waals surface area contributed by atoms with Crippen molar-refractivity contribution in [2.45, 2.75) is 62.3 Å². The molecule has 9 nitrogen and oxygen atoms in total. The molecule has 50 heavy (non-hydrogen) atoms. The fraction of sp³-hybridized carbons (Fsp3) is 0.500. The van der Waals surface area contributed by atoms with Crippen LogP contribution < -0.4 is 14.4 Å². The molecule has 1 N–H and O–H groups in total. The second kappa shape index (κ2) is 12.2. The predicted octanol–water partition coefficient (Wildman–Crippen LogP) is 5.65. The lowest BCUT2D eigenvalue weighted by Gasteiger charge is -2.36. The summed E-state index contributed by atoms with van der Waals surface area (Å²) in [6, 6.07) is 8.49. The van der Waals surface area contributed by atoms with Gasteiger partial charge in [0.1, 0.15) is 47.5 Å². The third-order valence-electron chi connectivity index (χ3n) is 11.8. The number of piperidine rings is 1. The summed E-state index contributed by atoms with van der Waals surface area (Å²) in [5, 5.41) is 12.3. The van der Waals surface area contributed by atoms with Crippen molar-refractivity contribution in [3.63, 3.8) is 0 Å². The summed E-state index contributed by atoms with van der Waals surface area (Å²) in [6.45, 7) is 3.40. The molecular formula is C38H39F3N6O3. The van der Waals surface area contributed by atoms with Gasteiger partial charge in [-0.2, -0.15) is 9.97 Å². The van der Waals surface area contributed by atoms with Crippen LogP contribution in [0, 0.1) is 24.1 Å². The maximum Gasteiger partial charge on any atom is 0.319 e. The van der Waals surface area contributed by atoms with Crippen molar-refractivity contribution in [3.8, 4) is 41.2 Å². The number of fused-ring (bicyclic) bond motifs is 4. The first kappa shape index (κ1) is 31.6. The van der Waals surface area contributed by atoms with Gasteiger partial charge in [0.15, 0.2) is 5.82 Å². The number of ether oxygens (including phenoxy) is 2. The van der Waals surface area contributed by atoms with Crippen LogP contribution in [0.15, 0.2) is 30.3 Å². The summed E-state index contributed by atoms with van der Waals surface area (Å²) in [4.78, 5) is 21.2. The number of pyridine rings is 1. The smallest absolute Gasteiger partial charge is 0.319 e. The molecule has 0 spiro atoms. The summed E-state index contributed by atoms with van der Waals surface area (Å²) in [6.07, 6.45) is 9.53. The van der Waals surface area contributed by atoms with Crippen LogP contribution in [0.2, 0.25) is 0 Å². The number of phenols is 1. The predicted molar refractivity (Wildman–Crippen MR) is 184 cm³/mol. The Kier molecular flexibility index (Phi) is 7.69. The minimum Gasteiger partial charge on any atom is -0.508 e. The molecule has 0 radical (unpaired) electrons. The van der Waals surface area contributed by atoms with E-state index in [1.165, 1.54) is 6.07 Å². The fourth-order valence-electron chi connectivity index (χ4n) is 9.46. The third kappa shape index (κ3) is 5.03. The molecule has 12 heteroatoms. The Hall–Kier alpha value is -4.34. The van der Waals surface area contributed by atoms with Gasteiger partial charge in [-0.15, -0.1) is 6.42 Å². The van der Waals surface area contributed by atoms with Gasteiger partial charge >= 0.3 is 6.01 Å². The monoisotopic (exact) mass is 684 g/mol. The van der Waals surface area contributed by atoms with Crippen LogP contribution in [0.4, 0.5) is 19.0 Å². The average molecular weight is 685 g/mol. The number of aromatic hydroxyl groups is 1. The van der Waals surface area contributed by atoms with Gasteiger partial charge in [0.05, 0.1) is 18.3 Å². The van der Waals surface area contributed by atoms with Crippen molar-refractivity contribution < 1.29 is 27.8 Å². The van der Waals surface area contributed by atoms with Crippen molar-refractivity contribution in [2.75, 3.05) is 57.5 Å². The molecule has 5 fully saturated rings. The summed E-state index contributed by atoms with van der Waals surface area (Å²) in [7, 11) is 0. The maximum atomic E-state index is 17.2. The molecule has 6 aliphatic rings. The van der Waals surface area contributed by atoms with Crippen molar-refractivity contribution in [1.82, 2.24) is 24.8 Å². The van der Waals surface area contributed by atoms with E-state index in [0.717, 1.165) is 38.8 Å². The zero-order valence-corrected chi connectivity index (χ0v) is 27.8. The van der Waals surface area contributed by atoms with Gasteiger partial charge in [0.2, 0.25) is 5.88 Å². The Bertz CT molecular complexity index is 2040. The fourth-order valence-corrected chi connectivity index (χ4v) is 9.46. The molecule has 2 aromatic heterocycles. The van der Waals surface area contributed by atoms with Crippen LogP contribution in [0.25, 0.3) is 32.9 Å². The van der Waals surface area contributed by atoms with Crippen molar-refractivity contribution in [1.29, 1.82) is 0 Å². The van der Waals surface area contributed by atoms with Gasteiger partial charge in [-0.3, -0.25) is 14.2 Å². The normalized spacial score (nSPS) is 27.5. The second-order valence-electron chi connectivity index (χ2n) is 14.6. The average Bonchev–Trinajstić information content (AvgIpc) is 3.46. The first-order valence-electron chi connectivity index (χ1n) is 17.7. The van der Waals surface area contributed by atoms with Gasteiger partial charge in [-0.1, -0.05) is 18.1 Å². The van der Waals surface area contributed by atoms with Crippen LogP contribution in [0.3, 0.4) is 0 Å². The highest BCUT2D eigenvalue weighted by Gasteiger charge is 2.50. The molecule has 2 bridgehead atoms. The largest absolute Gasteiger partial charge is 0.508 e. The number of alkyl halides is 2. The summed E-state index contributed by atoms with van der Waals surface area (Å²) in [5.74, 6) is 2.81. The van der Waals surface area contributed by atoms with E-state index in [9.17, 15) is 13.9 Å². The van der Waals surface area contributed by atoms with E-state index in [-0.39, 0.29) is 60.1 Å². The van der Waals surface area contributed by atoms with E-state index >= 15 is 4.39 Å². The minimum atomic E-state index is -0.925. The maximum absolute atomic E-state index is 17.2. The molecular weight excluding hydrogens is 645 g/mol. The molecule has 260 valence electrons. The highest BCUT2D eigenvalue weighted by atomic mass is 19.1. The molecule has 2 aromatic carbocycles. The van der Waals surface area contributed by atoms with Crippen LogP contribution in [-0.2, 0) is 0 Å². The number of rotatable bonds is 7. The van der Waals surface area contributed by atoms with Crippen LogP contribution >= 0.6 is 0 Å². The molecule has 5 atom stereocenters. The summed E-state index contributed by atoms with van der Waals surface area (Å²) >= 11 is 0. The topological polar surface area (TPSA) is 87.1 Å². The summed E-state index contributed by atoms with van der Waals surface area (Å²) < 4.78 is 58.0. The molecule has 4 aromatic rings. The number of hydrogen-bond donors (Lipinski definition) is 1. The highest BCUT2D eigenvalue weighted by Crippen LogP contribution is 2.46. The number of nitrogens with zero attached hydrogens (tertiary/aromatic N) is 6. The molecule has 8 heterocycles. The van der Waals surface area contributed by atoms with Gasteiger partial charge in [0.25, 0.3) is 0 Å². The van der Waals surface area contributed by atoms with Crippen LogP contribution in [-0.4, -0.2) is 106 Å². The van der Waals surface area contributed by atoms with Crippen molar-refractivity contribution in [2.24, 2.45) is 5.92 Å². The number of hydrogen-bond acceptors (Lipinski definition) is 9. The number of aromatic nitrogens is 3. The lowest BCUT2D eigenvalue weighted by molar-refractivity contribution is 0.107. The summed E-state index contributed by atoms with van der Waals surface area (Å²) in [5.41, 5.74) is 0.330.